The molecule has 1 fully saturated rings. The highest BCUT2D eigenvalue weighted by Gasteiger charge is 2.44. The molecule has 1 rings (SSSR count). The highest BCUT2D eigenvalue weighted by atomic mass is 16.2. The lowest BCUT2D eigenvalue weighted by Gasteiger charge is -2.39. The molecule has 0 aromatic rings. The van der Waals surface area contributed by atoms with Gasteiger partial charge in [0.25, 0.3) is 0 Å². The zero-order chi connectivity index (χ0) is 12.6. The molecule has 1 aliphatic rings. The maximum Gasteiger partial charge on any atom is 0.231 e. The molecule has 2 amide bonds. The second-order valence-corrected chi connectivity index (χ2v) is 5.73. The Hall–Kier alpha value is -1.06. The lowest BCUT2D eigenvalue weighted by Crippen LogP contribution is -2.52. The molecule has 92 valence electrons. The number of carbonyl (C=O) groups is 2. The third-order valence-electron chi connectivity index (χ3n) is 3.11. The van der Waals surface area contributed by atoms with E-state index in [9.17, 15) is 9.59 Å². The molecular formula is C12H22N2O2. The summed E-state index contributed by atoms with van der Waals surface area (Å²) in [4.78, 5) is 25.5. The highest BCUT2D eigenvalue weighted by Crippen LogP contribution is 2.30. The molecular weight excluding hydrogens is 204 g/mol. The summed E-state index contributed by atoms with van der Waals surface area (Å²) in [5.41, 5.74) is -0.763. The molecule has 4 nitrogen and oxygen atoms in total. The zero-order valence-electron chi connectivity index (χ0n) is 10.9. The van der Waals surface area contributed by atoms with E-state index in [1.165, 1.54) is 0 Å². The molecule has 0 saturated carbocycles. The molecule has 0 spiro atoms. The molecule has 1 saturated heterocycles. The number of rotatable bonds is 2. The van der Waals surface area contributed by atoms with E-state index in [4.69, 9.17) is 0 Å². The van der Waals surface area contributed by atoms with Crippen molar-refractivity contribution in [2.75, 3.05) is 13.1 Å². The number of hydrogen-bond donors (Lipinski definition) is 1. The van der Waals surface area contributed by atoms with Crippen molar-refractivity contribution >= 4 is 11.8 Å². The van der Waals surface area contributed by atoms with E-state index in [0.717, 1.165) is 0 Å². The van der Waals surface area contributed by atoms with Crippen LogP contribution in [0.1, 0.15) is 41.0 Å². The molecule has 0 aromatic heterocycles. The van der Waals surface area contributed by atoms with E-state index < -0.39 is 5.41 Å². The Morgan fingerprint density at radius 3 is 2.38 bits per heavy atom. The first kappa shape index (κ1) is 13.0. The van der Waals surface area contributed by atoms with Crippen LogP contribution in [-0.2, 0) is 9.59 Å². The predicted octanol–water partition coefficient (Wildman–Crippen LogP) is 1.16. The fourth-order valence-electron chi connectivity index (χ4n) is 2.17. The Morgan fingerprint density at radius 2 is 2.06 bits per heavy atom. The van der Waals surface area contributed by atoms with Crippen LogP contribution < -0.4 is 5.32 Å². The van der Waals surface area contributed by atoms with Gasteiger partial charge >= 0.3 is 0 Å². The van der Waals surface area contributed by atoms with Crippen molar-refractivity contribution in [2.45, 2.75) is 46.6 Å². The fourth-order valence-corrected chi connectivity index (χ4v) is 2.17. The van der Waals surface area contributed by atoms with Crippen molar-refractivity contribution in [1.29, 1.82) is 0 Å². The number of nitrogens with one attached hydrogen (secondary N) is 1. The Kier molecular flexibility index (Phi) is 3.31. The molecule has 16 heavy (non-hydrogen) atoms. The van der Waals surface area contributed by atoms with Gasteiger partial charge in [0, 0.05) is 25.0 Å². The highest BCUT2D eigenvalue weighted by molar-refractivity contribution is 5.92. The van der Waals surface area contributed by atoms with Crippen LogP contribution in [0.15, 0.2) is 0 Å². The van der Waals surface area contributed by atoms with Gasteiger partial charge in [0.2, 0.25) is 11.8 Å². The van der Waals surface area contributed by atoms with Gasteiger partial charge in [-0.25, -0.2) is 0 Å². The molecule has 4 heteroatoms. The normalized spacial score (nSPS) is 25.4. The maximum atomic E-state index is 12.4. The van der Waals surface area contributed by atoms with Crippen molar-refractivity contribution in [1.82, 2.24) is 10.2 Å². The van der Waals surface area contributed by atoms with Crippen molar-refractivity contribution < 1.29 is 9.59 Å². The van der Waals surface area contributed by atoms with Crippen LogP contribution in [0.4, 0.5) is 0 Å². The van der Waals surface area contributed by atoms with Gasteiger partial charge in [-0.2, -0.15) is 0 Å². The second kappa shape index (κ2) is 4.07. The van der Waals surface area contributed by atoms with Crippen LogP contribution in [-0.4, -0.2) is 35.3 Å². The summed E-state index contributed by atoms with van der Waals surface area (Å²) in [5.74, 6) is 0.0432. The third-order valence-corrected chi connectivity index (χ3v) is 3.11. The standard InChI is InChI=1S/C12H22N2O2/c1-6-14(11(2,3)4)10(16)12(5)7-9(15)13-8-12/h6-8H2,1-5H3,(H,13,15). The summed E-state index contributed by atoms with van der Waals surface area (Å²) < 4.78 is 0. The zero-order valence-corrected chi connectivity index (χ0v) is 10.9. The summed E-state index contributed by atoms with van der Waals surface area (Å²) in [7, 11) is 0. The van der Waals surface area contributed by atoms with Crippen LogP contribution in [0.3, 0.4) is 0 Å². The molecule has 1 unspecified atom stereocenters. The smallest absolute Gasteiger partial charge is 0.231 e. The lowest BCUT2D eigenvalue weighted by molar-refractivity contribution is -0.145. The molecule has 0 aromatic carbocycles. The summed E-state index contributed by atoms with van der Waals surface area (Å²) in [6.45, 7) is 11.0. The SMILES string of the molecule is CCN(C(=O)C1(C)CNC(=O)C1)C(C)(C)C. The number of nitrogens with zero attached hydrogens (tertiary/aromatic N) is 1. The van der Waals surface area contributed by atoms with E-state index in [1.807, 2.05) is 39.5 Å². The Bertz CT molecular complexity index is 307. The minimum absolute atomic E-state index is 0.0270. The average molecular weight is 226 g/mol. The monoisotopic (exact) mass is 226 g/mol. The van der Waals surface area contributed by atoms with Crippen molar-refractivity contribution in [3.63, 3.8) is 0 Å². The van der Waals surface area contributed by atoms with Gasteiger partial charge in [0.15, 0.2) is 0 Å². The van der Waals surface area contributed by atoms with Gasteiger partial charge in [-0.1, -0.05) is 0 Å². The topological polar surface area (TPSA) is 49.4 Å². The lowest BCUT2D eigenvalue weighted by atomic mass is 9.86. The summed E-state index contributed by atoms with van der Waals surface area (Å²) >= 11 is 0. The van der Waals surface area contributed by atoms with Crippen LogP contribution in [0, 0.1) is 5.41 Å². The van der Waals surface area contributed by atoms with Crippen LogP contribution in [0.25, 0.3) is 0 Å². The summed E-state index contributed by atoms with van der Waals surface area (Å²) in [6, 6.07) is 0. The van der Waals surface area contributed by atoms with Gasteiger partial charge in [0.05, 0.1) is 5.41 Å². The average Bonchev–Trinajstić information content (AvgIpc) is 2.46. The largest absolute Gasteiger partial charge is 0.355 e. The quantitative estimate of drug-likeness (QED) is 0.768. The molecule has 1 atom stereocenters. The van der Waals surface area contributed by atoms with Gasteiger partial charge in [-0.15, -0.1) is 0 Å². The minimum Gasteiger partial charge on any atom is -0.355 e. The van der Waals surface area contributed by atoms with Crippen LogP contribution >= 0.6 is 0 Å². The molecule has 0 bridgehead atoms. The number of hydrogen-bond acceptors (Lipinski definition) is 2. The third kappa shape index (κ3) is 2.36. The van der Waals surface area contributed by atoms with Gasteiger partial charge in [0.1, 0.15) is 0 Å². The maximum absolute atomic E-state index is 12.4. The molecule has 1 heterocycles. The van der Waals surface area contributed by atoms with E-state index in [0.29, 0.717) is 19.5 Å². The Morgan fingerprint density at radius 1 is 1.50 bits per heavy atom. The van der Waals surface area contributed by atoms with Gasteiger partial charge in [-0.05, 0) is 34.6 Å². The van der Waals surface area contributed by atoms with E-state index >= 15 is 0 Å². The first-order chi connectivity index (χ1) is 7.20. The number of carbonyl (C=O) groups excluding carboxylic acids is 2. The molecule has 0 aliphatic carbocycles. The van der Waals surface area contributed by atoms with Crippen molar-refractivity contribution in [3.8, 4) is 0 Å². The molecule has 0 radical (unpaired) electrons. The van der Waals surface area contributed by atoms with E-state index in [1.54, 1.807) is 0 Å². The van der Waals surface area contributed by atoms with Crippen LogP contribution in [0.5, 0.6) is 0 Å². The van der Waals surface area contributed by atoms with E-state index in [-0.39, 0.29) is 17.4 Å². The number of amides is 2. The fraction of sp³-hybridized carbons (Fsp3) is 0.833. The summed E-state index contributed by atoms with van der Waals surface area (Å²) in [5, 5.41) is 2.73. The molecule has 1 aliphatic heterocycles. The predicted molar refractivity (Wildman–Crippen MR) is 62.9 cm³/mol. The van der Waals surface area contributed by atoms with Crippen molar-refractivity contribution in [3.05, 3.63) is 0 Å². The molecule has 1 N–H and O–H groups in total. The first-order valence-electron chi connectivity index (χ1n) is 5.79. The van der Waals surface area contributed by atoms with Gasteiger partial charge < -0.3 is 10.2 Å². The Labute approximate surface area is 97.4 Å². The van der Waals surface area contributed by atoms with Gasteiger partial charge in [-0.3, -0.25) is 9.59 Å². The van der Waals surface area contributed by atoms with E-state index in [2.05, 4.69) is 5.32 Å². The Balaban J connectivity index is 2.88. The summed E-state index contributed by atoms with van der Waals surface area (Å²) in [6.07, 6.45) is 0.304. The van der Waals surface area contributed by atoms with Crippen LogP contribution in [0.2, 0.25) is 0 Å². The van der Waals surface area contributed by atoms with Crippen molar-refractivity contribution in [2.24, 2.45) is 5.41 Å². The minimum atomic E-state index is -0.569. The first-order valence-corrected chi connectivity index (χ1v) is 5.79. The second-order valence-electron chi connectivity index (χ2n) is 5.73.